The van der Waals surface area contributed by atoms with Gasteiger partial charge in [-0.05, 0) is 23.8 Å². The molecule has 18 heavy (non-hydrogen) atoms. The number of nitrogen functional groups attached to an aromatic ring is 1. The highest BCUT2D eigenvalue weighted by atomic mass is 19.1. The molecule has 0 heterocycles. The summed E-state index contributed by atoms with van der Waals surface area (Å²) in [7, 11) is 3.32. The Kier molecular flexibility index (Phi) is 6.64. The van der Waals surface area contributed by atoms with E-state index in [-0.39, 0.29) is 5.82 Å². The molecule has 0 unspecified atom stereocenters. The van der Waals surface area contributed by atoms with Crippen molar-refractivity contribution in [2.24, 2.45) is 0 Å². The summed E-state index contributed by atoms with van der Waals surface area (Å²) in [5.74, 6) is -0.266. The number of rotatable bonds is 8. The second-order valence-electron chi connectivity index (χ2n) is 4.10. The van der Waals surface area contributed by atoms with Crippen molar-refractivity contribution in [2.45, 2.75) is 6.54 Å². The molecule has 2 N–H and O–H groups in total. The summed E-state index contributed by atoms with van der Waals surface area (Å²) in [4.78, 5) is 2.12. The summed E-state index contributed by atoms with van der Waals surface area (Å²) < 4.78 is 23.3. The van der Waals surface area contributed by atoms with Gasteiger partial charge in [-0.2, -0.15) is 0 Å². The van der Waals surface area contributed by atoms with Gasteiger partial charge in [0, 0.05) is 39.5 Å². The van der Waals surface area contributed by atoms with Gasteiger partial charge in [0.15, 0.2) is 0 Å². The third kappa shape index (κ3) is 5.00. The summed E-state index contributed by atoms with van der Waals surface area (Å²) in [6, 6.07) is 4.44. The first-order valence-electron chi connectivity index (χ1n) is 5.91. The number of benzene rings is 1. The molecule has 1 aromatic carbocycles. The van der Waals surface area contributed by atoms with E-state index in [1.807, 2.05) is 0 Å². The van der Waals surface area contributed by atoms with Crippen molar-refractivity contribution in [3.63, 3.8) is 0 Å². The van der Waals surface area contributed by atoms with Crippen LogP contribution in [0.5, 0.6) is 0 Å². The van der Waals surface area contributed by atoms with Crippen LogP contribution in [0, 0.1) is 5.82 Å². The number of hydrogen-bond acceptors (Lipinski definition) is 4. The fourth-order valence-electron chi connectivity index (χ4n) is 1.66. The summed E-state index contributed by atoms with van der Waals surface area (Å²) in [5, 5.41) is 0. The number of ether oxygens (including phenoxy) is 2. The molecule has 0 aliphatic rings. The highest BCUT2D eigenvalue weighted by Crippen LogP contribution is 2.15. The lowest BCUT2D eigenvalue weighted by Gasteiger charge is -2.22. The third-order valence-electron chi connectivity index (χ3n) is 2.72. The van der Waals surface area contributed by atoms with Crippen LogP contribution in [0.2, 0.25) is 0 Å². The number of hydrogen-bond donors (Lipinski definition) is 1. The predicted molar refractivity (Wildman–Crippen MR) is 69.8 cm³/mol. The minimum Gasteiger partial charge on any atom is -0.398 e. The molecule has 0 radical (unpaired) electrons. The Labute approximate surface area is 107 Å². The molecule has 0 aliphatic carbocycles. The second kappa shape index (κ2) is 8.02. The van der Waals surface area contributed by atoms with Crippen molar-refractivity contribution in [1.29, 1.82) is 0 Å². The molecule has 5 heteroatoms. The van der Waals surface area contributed by atoms with Gasteiger partial charge < -0.3 is 15.2 Å². The lowest BCUT2D eigenvalue weighted by Crippen LogP contribution is -2.30. The van der Waals surface area contributed by atoms with Gasteiger partial charge in [0.2, 0.25) is 0 Å². The molecule has 0 bridgehead atoms. The Bertz CT molecular complexity index is 353. The second-order valence-corrected chi connectivity index (χ2v) is 4.10. The van der Waals surface area contributed by atoms with E-state index in [1.165, 1.54) is 12.1 Å². The Morgan fingerprint density at radius 2 is 1.78 bits per heavy atom. The van der Waals surface area contributed by atoms with Crippen LogP contribution in [0.4, 0.5) is 10.1 Å². The Morgan fingerprint density at radius 3 is 2.33 bits per heavy atom. The molecular weight excluding hydrogens is 235 g/mol. The van der Waals surface area contributed by atoms with Crippen LogP contribution in [0.25, 0.3) is 0 Å². The van der Waals surface area contributed by atoms with Crippen molar-refractivity contribution < 1.29 is 13.9 Å². The maximum Gasteiger partial charge on any atom is 0.123 e. The SMILES string of the molecule is COCCN(CCOC)Cc1cc(F)ccc1N. The Hall–Kier alpha value is -1.17. The molecule has 0 aliphatic heterocycles. The molecule has 0 amide bonds. The molecule has 0 aromatic heterocycles. The predicted octanol–water partition coefficient (Wildman–Crippen LogP) is 1.50. The zero-order chi connectivity index (χ0) is 13.4. The van der Waals surface area contributed by atoms with Crippen LogP contribution in [0.1, 0.15) is 5.56 Å². The Morgan fingerprint density at radius 1 is 1.17 bits per heavy atom. The highest BCUT2D eigenvalue weighted by Gasteiger charge is 2.09. The van der Waals surface area contributed by atoms with E-state index < -0.39 is 0 Å². The molecule has 0 saturated carbocycles. The van der Waals surface area contributed by atoms with Gasteiger partial charge in [0.1, 0.15) is 5.82 Å². The normalized spacial score (nSPS) is 11.1. The van der Waals surface area contributed by atoms with Crippen LogP contribution in [0.15, 0.2) is 18.2 Å². The molecule has 1 rings (SSSR count). The van der Waals surface area contributed by atoms with Gasteiger partial charge >= 0.3 is 0 Å². The largest absolute Gasteiger partial charge is 0.398 e. The van der Waals surface area contributed by atoms with E-state index in [4.69, 9.17) is 15.2 Å². The number of methoxy groups -OCH3 is 2. The molecule has 1 aromatic rings. The van der Waals surface area contributed by atoms with Gasteiger partial charge in [-0.3, -0.25) is 4.90 Å². The first kappa shape index (κ1) is 14.9. The smallest absolute Gasteiger partial charge is 0.123 e. The maximum absolute atomic E-state index is 13.2. The molecular formula is C13H21FN2O2. The third-order valence-corrected chi connectivity index (χ3v) is 2.72. The van der Waals surface area contributed by atoms with Crippen molar-refractivity contribution in [2.75, 3.05) is 46.3 Å². The van der Waals surface area contributed by atoms with Crippen LogP contribution < -0.4 is 5.73 Å². The quantitative estimate of drug-likeness (QED) is 0.716. The van der Waals surface area contributed by atoms with Gasteiger partial charge in [0.05, 0.1) is 13.2 Å². The average Bonchev–Trinajstić information content (AvgIpc) is 2.37. The zero-order valence-corrected chi connectivity index (χ0v) is 11.0. The van der Waals surface area contributed by atoms with Crippen molar-refractivity contribution >= 4 is 5.69 Å². The first-order valence-corrected chi connectivity index (χ1v) is 5.91. The lowest BCUT2D eigenvalue weighted by atomic mass is 10.1. The van der Waals surface area contributed by atoms with E-state index >= 15 is 0 Å². The summed E-state index contributed by atoms with van der Waals surface area (Å²) in [6.07, 6.45) is 0. The lowest BCUT2D eigenvalue weighted by molar-refractivity contribution is 0.110. The van der Waals surface area contributed by atoms with Crippen molar-refractivity contribution in [3.05, 3.63) is 29.6 Å². The molecule has 0 spiro atoms. The van der Waals surface area contributed by atoms with Gasteiger partial charge in [-0.15, -0.1) is 0 Å². The van der Waals surface area contributed by atoms with E-state index in [1.54, 1.807) is 20.3 Å². The molecule has 0 saturated heterocycles. The molecule has 0 fully saturated rings. The first-order chi connectivity index (χ1) is 8.67. The van der Waals surface area contributed by atoms with Gasteiger partial charge in [-0.1, -0.05) is 0 Å². The summed E-state index contributed by atoms with van der Waals surface area (Å²) >= 11 is 0. The van der Waals surface area contributed by atoms with E-state index in [0.29, 0.717) is 25.4 Å². The van der Waals surface area contributed by atoms with E-state index in [2.05, 4.69) is 4.90 Å². The zero-order valence-electron chi connectivity index (χ0n) is 11.0. The van der Waals surface area contributed by atoms with Crippen LogP contribution >= 0.6 is 0 Å². The Balaban J connectivity index is 2.65. The molecule has 0 atom stereocenters. The highest BCUT2D eigenvalue weighted by molar-refractivity contribution is 5.46. The topological polar surface area (TPSA) is 47.7 Å². The monoisotopic (exact) mass is 256 g/mol. The average molecular weight is 256 g/mol. The minimum absolute atomic E-state index is 0.266. The van der Waals surface area contributed by atoms with Gasteiger partial charge in [0.25, 0.3) is 0 Å². The number of nitrogens with zero attached hydrogens (tertiary/aromatic N) is 1. The molecule has 102 valence electrons. The number of anilines is 1. The van der Waals surface area contributed by atoms with Crippen molar-refractivity contribution in [3.8, 4) is 0 Å². The number of nitrogens with two attached hydrogens (primary N) is 1. The maximum atomic E-state index is 13.2. The van der Waals surface area contributed by atoms with Crippen LogP contribution in [-0.4, -0.2) is 45.4 Å². The standard InChI is InChI=1S/C13H21FN2O2/c1-17-7-5-16(6-8-18-2)10-11-9-12(14)3-4-13(11)15/h3-4,9H,5-8,10,15H2,1-2H3. The van der Waals surface area contributed by atoms with E-state index in [0.717, 1.165) is 18.7 Å². The van der Waals surface area contributed by atoms with Crippen LogP contribution in [0.3, 0.4) is 0 Å². The van der Waals surface area contributed by atoms with Crippen LogP contribution in [-0.2, 0) is 16.0 Å². The molecule has 4 nitrogen and oxygen atoms in total. The van der Waals surface area contributed by atoms with Crippen molar-refractivity contribution in [1.82, 2.24) is 4.90 Å². The fourth-order valence-corrected chi connectivity index (χ4v) is 1.66. The van der Waals surface area contributed by atoms with Gasteiger partial charge in [-0.25, -0.2) is 4.39 Å². The summed E-state index contributed by atoms with van der Waals surface area (Å²) in [6.45, 7) is 3.36. The fraction of sp³-hybridized carbons (Fsp3) is 0.538. The minimum atomic E-state index is -0.266. The van der Waals surface area contributed by atoms with E-state index in [9.17, 15) is 4.39 Å². The number of halogens is 1. The summed E-state index contributed by atoms with van der Waals surface area (Å²) in [5.41, 5.74) is 7.24.